The van der Waals surface area contributed by atoms with Crippen LogP contribution in [0.4, 0.5) is 5.69 Å². The third kappa shape index (κ3) is 5.41. The van der Waals surface area contributed by atoms with Gasteiger partial charge in [0.2, 0.25) is 5.91 Å². The predicted octanol–water partition coefficient (Wildman–Crippen LogP) is 1.51. The minimum atomic E-state index is -4.12. The Bertz CT molecular complexity index is 617. The minimum absolute atomic E-state index is 0.137. The van der Waals surface area contributed by atoms with Crippen LogP contribution < -0.4 is 5.73 Å². The molecule has 122 valence electrons. The lowest BCUT2D eigenvalue weighted by Crippen LogP contribution is -2.40. The lowest BCUT2D eigenvalue weighted by atomic mass is 9.88. The van der Waals surface area contributed by atoms with Crippen LogP contribution in [-0.2, 0) is 14.9 Å². The van der Waals surface area contributed by atoms with Gasteiger partial charge in [0, 0.05) is 12.1 Å². The molecule has 0 spiro atoms. The van der Waals surface area contributed by atoms with Gasteiger partial charge in [0.05, 0.1) is 16.1 Å². The lowest BCUT2D eigenvalue weighted by molar-refractivity contribution is -0.384. The summed E-state index contributed by atoms with van der Waals surface area (Å²) in [6, 6.07) is 7.93. The van der Waals surface area contributed by atoms with Crippen molar-refractivity contribution in [3.8, 4) is 0 Å². The van der Waals surface area contributed by atoms with Gasteiger partial charge in [-0.15, -0.1) is 0 Å². The van der Waals surface area contributed by atoms with Crippen molar-refractivity contribution in [1.29, 1.82) is 0 Å². The highest BCUT2D eigenvalue weighted by Crippen LogP contribution is 2.28. The van der Waals surface area contributed by atoms with Crippen molar-refractivity contribution >= 4 is 21.7 Å². The van der Waals surface area contributed by atoms with E-state index in [-0.39, 0.29) is 5.69 Å². The Morgan fingerprint density at radius 2 is 1.77 bits per heavy atom. The molecular weight excluding hydrogens is 312 g/mol. The average Bonchev–Trinajstić information content (AvgIpc) is 2.48. The number of nitro benzene ring substituents is 1. The van der Waals surface area contributed by atoms with Crippen molar-refractivity contribution < 1.29 is 22.7 Å². The van der Waals surface area contributed by atoms with E-state index in [1.807, 2.05) is 0 Å². The van der Waals surface area contributed by atoms with Gasteiger partial charge < -0.3 is 5.73 Å². The molecule has 1 fully saturated rings. The molecule has 0 radical (unpaired) electrons. The van der Waals surface area contributed by atoms with Gasteiger partial charge in [0.15, 0.2) is 0 Å². The smallest absolute Gasteiger partial charge is 0.269 e. The molecule has 1 aliphatic rings. The summed E-state index contributed by atoms with van der Waals surface area (Å²) in [4.78, 5) is 20.4. The number of nitrogens with zero attached hydrogens (tertiary/aromatic N) is 1. The number of benzene rings is 1. The summed E-state index contributed by atoms with van der Waals surface area (Å²) >= 11 is 0. The molecule has 0 saturated heterocycles. The van der Waals surface area contributed by atoms with Gasteiger partial charge in [0.25, 0.3) is 15.8 Å². The quantitative estimate of drug-likeness (QED) is 0.489. The number of para-hydroxylation sites is 1. The van der Waals surface area contributed by atoms with E-state index in [1.165, 1.54) is 12.1 Å². The van der Waals surface area contributed by atoms with Crippen molar-refractivity contribution in [3.05, 3.63) is 40.4 Å². The molecule has 0 heterocycles. The Morgan fingerprint density at radius 1 is 1.23 bits per heavy atom. The Morgan fingerprint density at radius 3 is 2.14 bits per heavy atom. The van der Waals surface area contributed by atoms with Crippen molar-refractivity contribution in [2.75, 3.05) is 0 Å². The second-order valence-corrected chi connectivity index (χ2v) is 6.57. The highest BCUT2D eigenvalue weighted by atomic mass is 32.2. The van der Waals surface area contributed by atoms with Crippen LogP contribution in [0.1, 0.15) is 25.7 Å². The van der Waals surface area contributed by atoms with Crippen LogP contribution in [0.25, 0.3) is 0 Å². The molecule has 2 rings (SSSR count). The molecule has 0 bridgehead atoms. The highest BCUT2D eigenvalue weighted by Gasteiger charge is 2.37. The molecule has 2 atom stereocenters. The summed E-state index contributed by atoms with van der Waals surface area (Å²) in [7, 11) is -4.12. The van der Waals surface area contributed by atoms with Crippen LogP contribution in [0.15, 0.2) is 30.3 Å². The summed E-state index contributed by atoms with van der Waals surface area (Å²) < 4.78 is 30.5. The first-order chi connectivity index (χ1) is 10.2. The van der Waals surface area contributed by atoms with Crippen LogP contribution in [0.3, 0.4) is 0 Å². The number of nitrogens with two attached hydrogens (primary N) is 1. The normalized spacial score (nSPS) is 21.3. The summed E-state index contributed by atoms with van der Waals surface area (Å²) in [5, 5.41) is 9.02. The zero-order valence-electron chi connectivity index (χ0n) is 11.8. The largest absolute Gasteiger partial charge is 0.369 e. The molecule has 22 heavy (non-hydrogen) atoms. The van der Waals surface area contributed by atoms with Gasteiger partial charge in [-0.2, -0.15) is 8.42 Å². The van der Waals surface area contributed by atoms with Crippen molar-refractivity contribution in [1.82, 2.24) is 0 Å². The monoisotopic (exact) mass is 330 g/mol. The number of nitro groups is 1. The second-order valence-electron chi connectivity index (χ2n) is 4.94. The van der Waals surface area contributed by atoms with E-state index < -0.39 is 32.1 Å². The van der Waals surface area contributed by atoms with E-state index in [0.717, 1.165) is 6.42 Å². The SMILES string of the molecule is NC(=O)C1CCCCC1S(=O)(=O)O.O=[N+]([O-])c1ccccc1. The standard InChI is InChI=1S/C7H13NO4S.C6H5NO2/c8-7(9)5-3-1-2-4-6(5)13(10,11)12;8-7(9)6-4-2-1-3-5-6/h5-6H,1-4H2,(H2,8,9)(H,10,11,12);1-5H. The lowest BCUT2D eigenvalue weighted by Gasteiger charge is -2.26. The van der Waals surface area contributed by atoms with E-state index in [4.69, 9.17) is 10.3 Å². The Labute approximate surface area is 128 Å². The van der Waals surface area contributed by atoms with Gasteiger partial charge in [-0.1, -0.05) is 31.0 Å². The van der Waals surface area contributed by atoms with Crippen LogP contribution in [0.5, 0.6) is 0 Å². The third-order valence-corrected chi connectivity index (χ3v) is 4.75. The van der Waals surface area contributed by atoms with Crippen molar-refractivity contribution in [2.24, 2.45) is 11.7 Å². The van der Waals surface area contributed by atoms with E-state index in [0.29, 0.717) is 19.3 Å². The molecule has 0 aromatic heterocycles. The van der Waals surface area contributed by atoms with E-state index >= 15 is 0 Å². The van der Waals surface area contributed by atoms with E-state index in [9.17, 15) is 23.3 Å². The number of hydrogen-bond donors (Lipinski definition) is 2. The Hall–Kier alpha value is -2.00. The fraction of sp³-hybridized carbons (Fsp3) is 0.462. The molecule has 2 unspecified atom stereocenters. The maximum Gasteiger partial charge on any atom is 0.269 e. The van der Waals surface area contributed by atoms with Gasteiger partial charge in [-0.25, -0.2) is 0 Å². The van der Waals surface area contributed by atoms with Crippen LogP contribution in [0, 0.1) is 16.0 Å². The molecule has 9 heteroatoms. The summed E-state index contributed by atoms with van der Waals surface area (Å²) in [6.45, 7) is 0. The fourth-order valence-corrected chi connectivity index (χ4v) is 3.48. The number of primary amides is 1. The topological polar surface area (TPSA) is 141 Å². The number of carbonyl (C=O) groups is 1. The van der Waals surface area contributed by atoms with E-state index in [1.54, 1.807) is 18.2 Å². The summed E-state index contributed by atoms with van der Waals surface area (Å²) in [5.74, 6) is -1.36. The molecule has 3 N–H and O–H groups in total. The first-order valence-corrected chi connectivity index (χ1v) is 8.19. The average molecular weight is 330 g/mol. The highest BCUT2D eigenvalue weighted by molar-refractivity contribution is 7.86. The van der Waals surface area contributed by atoms with Gasteiger partial charge in [0.1, 0.15) is 0 Å². The Balaban J connectivity index is 0.000000235. The van der Waals surface area contributed by atoms with Crippen LogP contribution in [-0.4, -0.2) is 29.1 Å². The molecule has 1 amide bonds. The first kappa shape index (κ1) is 18.1. The Kier molecular flexibility index (Phi) is 6.44. The number of amides is 1. The third-order valence-electron chi connectivity index (χ3n) is 3.42. The molecule has 1 aromatic rings. The molecule has 1 aromatic carbocycles. The maximum absolute atomic E-state index is 10.9. The number of carbonyl (C=O) groups excluding carboxylic acids is 1. The zero-order valence-corrected chi connectivity index (χ0v) is 12.6. The second kappa shape index (κ2) is 7.85. The molecule has 1 saturated carbocycles. The van der Waals surface area contributed by atoms with Gasteiger partial charge in [-0.3, -0.25) is 19.5 Å². The first-order valence-electron chi connectivity index (χ1n) is 6.68. The van der Waals surface area contributed by atoms with Crippen LogP contribution in [0.2, 0.25) is 0 Å². The summed E-state index contributed by atoms with van der Waals surface area (Å²) in [5.41, 5.74) is 5.18. The van der Waals surface area contributed by atoms with Gasteiger partial charge >= 0.3 is 0 Å². The predicted molar refractivity (Wildman–Crippen MR) is 79.6 cm³/mol. The number of rotatable bonds is 3. The van der Waals surface area contributed by atoms with Crippen molar-refractivity contribution in [3.63, 3.8) is 0 Å². The summed E-state index contributed by atoms with van der Waals surface area (Å²) in [6.07, 6.45) is 2.29. The van der Waals surface area contributed by atoms with E-state index in [2.05, 4.69) is 0 Å². The number of hydrogen-bond acceptors (Lipinski definition) is 5. The maximum atomic E-state index is 10.9. The molecule has 1 aliphatic carbocycles. The van der Waals surface area contributed by atoms with Crippen LogP contribution >= 0.6 is 0 Å². The number of non-ortho nitro benzene ring substituents is 1. The van der Waals surface area contributed by atoms with Crippen molar-refractivity contribution in [2.45, 2.75) is 30.9 Å². The molecular formula is C13H18N2O6S. The zero-order chi connectivity index (χ0) is 16.8. The van der Waals surface area contributed by atoms with Gasteiger partial charge in [-0.05, 0) is 12.8 Å². The minimum Gasteiger partial charge on any atom is -0.369 e. The molecule has 8 nitrogen and oxygen atoms in total. The molecule has 0 aliphatic heterocycles. The fourth-order valence-electron chi connectivity index (χ4n) is 2.33.